The first-order chi connectivity index (χ1) is 13.9. The highest BCUT2D eigenvalue weighted by Gasteiger charge is 2.23. The van der Waals surface area contributed by atoms with Crippen LogP contribution in [0, 0.1) is 6.92 Å². The Morgan fingerprint density at radius 1 is 1.10 bits per heavy atom. The number of anilines is 1. The van der Waals surface area contributed by atoms with Crippen molar-refractivity contribution in [3.05, 3.63) is 76.2 Å². The van der Waals surface area contributed by atoms with Crippen LogP contribution in [0.15, 0.2) is 53.9 Å². The van der Waals surface area contributed by atoms with E-state index in [0.717, 1.165) is 16.7 Å². The van der Waals surface area contributed by atoms with Crippen LogP contribution >= 0.6 is 11.3 Å². The third-order valence-electron chi connectivity index (χ3n) is 4.67. The van der Waals surface area contributed by atoms with Crippen molar-refractivity contribution in [2.45, 2.75) is 33.6 Å². The van der Waals surface area contributed by atoms with E-state index in [1.165, 1.54) is 16.9 Å². The topological polar surface area (TPSA) is 55.4 Å². The monoisotopic (exact) mass is 407 g/mol. The second-order valence-corrected chi connectivity index (χ2v) is 8.05. The van der Waals surface area contributed by atoms with Crippen LogP contribution in [-0.4, -0.2) is 18.5 Å². The van der Waals surface area contributed by atoms with E-state index < -0.39 is 5.97 Å². The van der Waals surface area contributed by atoms with Crippen molar-refractivity contribution < 1.29 is 14.3 Å². The SMILES string of the molecule is CCOC(=O)c1c(-c2ccc(C(C)C)cc2)csc1NC(=O)c1cccc(C)c1. The molecule has 0 saturated heterocycles. The van der Waals surface area contributed by atoms with Gasteiger partial charge < -0.3 is 10.1 Å². The van der Waals surface area contributed by atoms with E-state index in [2.05, 4.69) is 31.3 Å². The smallest absolute Gasteiger partial charge is 0.341 e. The highest BCUT2D eigenvalue weighted by Crippen LogP contribution is 2.37. The minimum Gasteiger partial charge on any atom is -0.462 e. The number of carbonyl (C=O) groups is 2. The van der Waals surface area contributed by atoms with Crippen molar-refractivity contribution in [2.24, 2.45) is 0 Å². The summed E-state index contributed by atoms with van der Waals surface area (Å²) in [7, 11) is 0. The molecule has 0 unspecified atom stereocenters. The maximum absolute atomic E-state index is 12.7. The third-order valence-corrected chi connectivity index (χ3v) is 5.56. The molecular weight excluding hydrogens is 382 g/mol. The minimum absolute atomic E-state index is 0.247. The molecule has 0 atom stereocenters. The Morgan fingerprint density at radius 2 is 1.83 bits per heavy atom. The molecule has 0 saturated carbocycles. The van der Waals surface area contributed by atoms with Gasteiger partial charge in [-0.25, -0.2) is 4.79 Å². The number of ether oxygens (including phenoxy) is 1. The molecule has 1 amide bonds. The summed E-state index contributed by atoms with van der Waals surface area (Å²) in [5.41, 5.74) is 4.87. The molecule has 0 bridgehead atoms. The zero-order chi connectivity index (χ0) is 21.0. The molecule has 29 heavy (non-hydrogen) atoms. The summed E-state index contributed by atoms with van der Waals surface area (Å²) < 4.78 is 5.27. The third kappa shape index (κ3) is 4.74. The minimum atomic E-state index is -0.434. The lowest BCUT2D eigenvalue weighted by Gasteiger charge is -2.10. The molecule has 1 aromatic heterocycles. The lowest BCUT2D eigenvalue weighted by atomic mass is 9.98. The molecule has 4 nitrogen and oxygen atoms in total. The van der Waals surface area contributed by atoms with E-state index in [9.17, 15) is 9.59 Å². The number of benzene rings is 2. The molecule has 3 aromatic rings. The van der Waals surface area contributed by atoms with Crippen LogP contribution in [-0.2, 0) is 4.74 Å². The Kier molecular flexibility index (Phi) is 6.49. The van der Waals surface area contributed by atoms with Gasteiger partial charge in [-0.2, -0.15) is 0 Å². The number of hydrogen-bond acceptors (Lipinski definition) is 4. The van der Waals surface area contributed by atoms with Crippen LogP contribution in [0.2, 0.25) is 0 Å². The number of nitrogens with one attached hydrogen (secondary N) is 1. The Labute approximate surface area is 175 Å². The first-order valence-electron chi connectivity index (χ1n) is 9.67. The number of aryl methyl sites for hydroxylation is 1. The van der Waals surface area contributed by atoms with Gasteiger partial charge in [0, 0.05) is 16.5 Å². The van der Waals surface area contributed by atoms with Crippen molar-refractivity contribution in [1.29, 1.82) is 0 Å². The predicted molar refractivity (Wildman–Crippen MR) is 119 cm³/mol. The molecule has 1 heterocycles. The van der Waals surface area contributed by atoms with E-state index in [4.69, 9.17) is 4.74 Å². The Hall–Kier alpha value is -2.92. The number of thiophene rings is 1. The molecule has 5 heteroatoms. The molecular formula is C24H25NO3S. The summed E-state index contributed by atoms with van der Waals surface area (Å²) in [5.74, 6) is -0.251. The largest absolute Gasteiger partial charge is 0.462 e. The Bertz CT molecular complexity index is 1020. The van der Waals surface area contributed by atoms with Crippen molar-refractivity contribution in [1.82, 2.24) is 0 Å². The van der Waals surface area contributed by atoms with Crippen molar-refractivity contribution in [2.75, 3.05) is 11.9 Å². The summed E-state index contributed by atoms with van der Waals surface area (Å²) in [6, 6.07) is 15.5. The average molecular weight is 408 g/mol. The number of carbonyl (C=O) groups excluding carboxylic acids is 2. The predicted octanol–water partition coefficient (Wildman–Crippen LogP) is 6.28. The molecule has 1 N–H and O–H groups in total. The lowest BCUT2D eigenvalue weighted by Crippen LogP contribution is -2.15. The highest BCUT2D eigenvalue weighted by molar-refractivity contribution is 7.15. The van der Waals surface area contributed by atoms with Gasteiger partial charge in [0.1, 0.15) is 10.6 Å². The van der Waals surface area contributed by atoms with Gasteiger partial charge in [0.25, 0.3) is 5.91 Å². The molecule has 0 aliphatic rings. The number of hydrogen-bond donors (Lipinski definition) is 1. The zero-order valence-corrected chi connectivity index (χ0v) is 17.9. The maximum Gasteiger partial charge on any atom is 0.341 e. The van der Waals surface area contributed by atoms with Crippen LogP contribution in [0.1, 0.15) is 58.5 Å². The normalized spacial score (nSPS) is 10.8. The Morgan fingerprint density at radius 3 is 2.45 bits per heavy atom. The van der Waals surface area contributed by atoms with E-state index in [1.807, 2.05) is 42.6 Å². The van der Waals surface area contributed by atoms with Gasteiger partial charge in [-0.3, -0.25) is 4.79 Å². The van der Waals surface area contributed by atoms with Gasteiger partial charge in [0.2, 0.25) is 0 Å². The fourth-order valence-electron chi connectivity index (χ4n) is 3.08. The highest BCUT2D eigenvalue weighted by atomic mass is 32.1. The zero-order valence-electron chi connectivity index (χ0n) is 17.1. The summed E-state index contributed by atoms with van der Waals surface area (Å²) >= 11 is 1.33. The van der Waals surface area contributed by atoms with Gasteiger partial charge in [-0.15, -0.1) is 11.3 Å². The lowest BCUT2D eigenvalue weighted by molar-refractivity contribution is 0.0529. The summed E-state index contributed by atoms with van der Waals surface area (Å²) in [6.45, 7) is 8.26. The van der Waals surface area contributed by atoms with Crippen molar-refractivity contribution in [3.63, 3.8) is 0 Å². The van der Waals surface area contributed by atoms with Gasteiger partial charge in [-0.1, -0.05) is 55.8 Å². The van der Waals surface area contributed by atoms with Crippen LogP contribution in [0.25, 0.3) is 11.1 Å². The molecule has 150 valence electrons. The van der Waals surface area contributed by atoms with Crippen LogP contribution in [0.4, 0.5) is 5.00 Å². The van der Waals surface area contributed by atoms with Gasteiger partial charge in [-0.05, 0) is 43.0 Å². The first kappa shape index (κ1) is 20.8. The summed E-state index contributed by atoms with van der Waals surface area (Å²) in [4.78, 5) is 25.4. The van der Waals surface area contributed by atoms with E-state index in [0.29, 0.717) is 22.0 Å². The Balaban J connectivity index is 1.97. The van der Waals surface area contributed by atoms with E-state index in [-0.39, 0.29) is 12.5 Å². The summed E-state index contributed by atoms with van der Waals surface area (Å²) in [5, 5.41) is 5.28. The maximum atomic E-state index is 12.7. The molecule has 0 spiro atoms. The van der Waals surface area contributed by atoms with Crippen LogP contribution < -0.4 is 5.32 Å². The van der Waals surface area contributed by atoms with Crippen molar-refractivity contribution in [3.8, 4) is 11.1 Å². The standard InChI is InChI=1S/C24H25NO3S/c1-5-28-24(27)21-20(18-11-9-17(10-12-18)15(2)3)14-29-23(21)25-22(26)19-8-6-7-16(4)13-19/h6-15H,5H2,1-4H3,(H,25,26). The molecule has 3 rings (SSSR count). The van der Waals surface area contributed by atoms with E-state index in [1.54, 1.807) is 13.0 Å². The van der Waals surface area contributed by atoms with Crippen LogP contribution in [0.5, 0.6) is 0 Å². The summed E-state index contributed by atoms with van der Waals surface area (Å²) in [6.07, 6.45) is 0. The average Bonchev–Trinajstić information content (AvgIpc) is 3.11. The number of rotatable bonds is 6. The first-order valence-corrected chi connectivity index (χ1v) is 10.6. The van der Waals surface area contributed by atoms with E-state index >= 15 is 0 Å². The number of esters is 1. The van der Waals surface area contributed by atoms with Gasteiger partial charge in [0.15, 0.2) is 0 Å². The molecule has 0 fully saturated rings. The van der Waals surface area contributed by atoms with Gasteiger partial charge in [0.05, 0.1) is 6.61 Å². The molecule has 2 aromatic carbocycles. The fourth-order valence-corrected chi connectivity index (χ4v) is 4.03. The fraction of sp³-hybridized carbons (Fsp3) is 0.250. The molecule has 0 aliphatic heterocycles. The second-order valence-electron chi connectivity index (χ2n) is 7.17. The van der Waals surface area contributed by atoms with Crippen LogP contribution in [0.3, 0.4) is 0 Å². The van der Waals surface area contributed by atoms with Gasteiger partial charge >= 0.3 is 5.97 Å². The number of amides is 1. The molecule has 0 aliphatic carbocycles. The molecule has 0 radical (unpaired) electrons. The van der Waals surface area contributed by atoms with Crippen molar-refractivity contribution >= 4 is 28.2 Å². The quantitative estimate of drug-likeness (QED) is 0.490. The second kappa shape index (κ2) is 9.05.